The van der Waals surface area contributed by atoms with Crippen molar-refractivity contribution in [2.24, 2.45) is 0 Å². The molecule has 1 aromatic carbocycles. The van der Waals surface area contributed by atoms with E-state index in [0.29, 0.717) is 18.0 Å². The van der Waals surface area contributed by atoms with Gasteiger partial charge in [-0.15, -0.1) is 0 Å². The summed E-state index contributed by atoms with van der Waals surface area (Å²) in [6, 6.07) is 6.90. The van der Waals surface area contributed by atoms with Crippen molar-refractivity contribution in [3.63, 3.8) is 0 Å². The van der Waals surface area contributed by atoms with Crippen LogP contribution >= 0.6 is 0 Å². The fourth-order valence-corrected chi connectivity index (χ4v) is 2.45. The molecule has 1 heterocycles. The molecule has 1 fully saturated rings. The molecule has 2 N–H and O–H groups in total. The third-order valence-electron chi connectivity index (χ3n) is 3.55. The average molecular weight is 298 g/mol. The standard InChI is InChI=1S/C15H20F2N2O2/c16-15(17)21-13-6-2-1-4-11(13)10-19-14(20)8-7-12-5-3-9-18-12/h1-2,4,6,12,15,18H,3,5,7-10H2,(H,19,20). The summed E-state index contributed by atoms with van der Waals surface area (Å²) in [5.41, 5.74) is 0.546. The highest BCUT2D eigenvalue weighted by Gasteiger charge is 2.15. The number of para-hydroxylation sites is 1. The minimum absolute atomic E-state index is 0.0736. The third-order valence-corrected chi connectivity index (χ3v) is 3.55. The van der Waals surface area contributed by atoms with Gasteiger partial charge in [0.25, 0.3) is 0 Å². The molecule has 1 amide bonds. The molecule has 6 heteroatoms. The Morgan fingerprint density at radius 1 is 1.43 bits per heavy atom. The zero-order chi connectivity index (χ0) is 15.1. The summed E-state index contributed by atoms with van der Waals surface area (Å²) in [4.78, 5) is 11.8. The van der Waals surface area contributed by atoms with Gasteiger partial charge in [-0.3, -0.25) is 4.79 Å². The van der Waals surface area contributed by atoms with Crippen LogP contribution in [0.2, 0.25) is 0 Å². The van der Waals surface area contributed by atoms with E-state index < -0.39 is 6.61 Å². The average Bonchev–Trinajstić information content (AvgIpc) is 2.97. The number of carbonyl (C=O) groups is 1. The van der Waals surface area contributed by atoms with Crippen molar-refractivity contribution in [2.45, 2.75) is 44.9 Å². The minimum Gasteiger partial charge on any atom is -0.434 e. The van der Waals surface area contributed by atoms with E-state index in [-0.39, 0.29) is 18.2 Å². The normalized spacial score (nSPS) is 18.0. The van der Waals surface area contributed by atoms with Crippen molar-refractivity contribution in [2.75, 3.05) is 6.54 Å². The SMILES string of the molecule is O=C(CCC1CCCN1)NCc1ccccc1OC(F)F. The molecule has 1 aromatic rings. The molecule has 1 saturated heterocycles. The second kappa shape index (κ2) is 7.93. The minimum atomic E-state index is -2.87. The van der Waals surface area contributed by atoms with Gasteiger partial charge in [0, 0.05) is 24.6 Å². The van der Waals surface area contributed by atoms with E-state index in [0.717, 1.165) is 25.8 Å². The highest BCUT2D eigenvalue weighted by atomic mass is 19.3. The highest BCUT2D eigenvalue weighted by molar-refractivity contribution is 5.76. The van der Waals surface area contributed by atoms with Gasteiger partial charge < -0.3 is 15.4 Å². The molecular formula is C15H20F2N2O2. The van der Waals surface area contributed by atoms with Gasteiger partial charge >= 0.3 is 6.61 Å². The Morgan fingerprint density at radius 2 is 2.24 bits per heavy atom. The van der Waals surface area contributed by atoms with Crippen LogP contribution in [0.1, 0.15) is 31.2 Å². The Kier molecular flexibility index (Phi) is 5.92. The van der Waals surface area contributed by atoms with E-state index in [2.05, 4.69) is 15.4 Å². The van der Waals surface area contributed by atoms with Gasteiger partial charge in [0.05, 0.1) is 0 Å². The number of hydrogen-bond acceptors (Lipinski definition) is 3. The largest absolute Gasteiger partial charge is 0.434 e. The highest BCUT2D eigenvalue weighted by Crippen LogP contribution is 2.20. The summed E-state index contributed by atoms with van der Waals surface area (Å²) in [6.45, 7) is -1.65. The van der Waals surface area contributed by atoms with Gasteiger partial charge in [0.15, 0.2) is 0 Å². The Morgan fingerprint density at radius 3 is 2.95 bits per heavy atom. The Hall–Kier alpha value is -1.69. The molecule has 1 aliphatic heterocycles. The maximum atomic E-state index is 12.3. The van der Waals surface area contributed by atoms with Gasteiger partial charge in [-0.2, -0.15) is 8.78 Å². The lowest BCUT2D eigenvalue weighted by atomic mass is 10.1. The number of rotatable bonds is 7. The van der Waals surface area contributed by atoms with Crippen molar-refractivity contribution in [1.82, 2.24) is 10.6 Å². The summed E-state index contributed by atoms with van der Waals surface area (Å²) < 4.78 is 29.0. The lowest BCUT2D eigenvalue weighted by Crippen LogP contribution is -2.27. The zero-order valence-electron chi connectivity index (χ0n) is 11.8. The number of hydrogen-bond donors (Lipinski definition) is 2. The molecule has 0 saturated carbocycles. The molecule has 0 aliphatic carbocycles. The first-order valence-electron chi connectivity index (χ1n) is 7.18. The lowest BCUT2D eigenvalue weighted by Gasteiger charge is -2.12. The summed E-state index contributed by atoms with van der Waals surface area (Å²) in [5, 5.41) is 6.08. The van der Waals surface area contributed by atoms with Gasteiger partial charge in [0.1, 0.15) is 5.75 Å². The molecule has 1 unspecified atom stereocenters. The van der Waals surface area contributed by atoms with Gasteiger partial charge in [0.2, 0.25) is 5.91 Å². The van der Waals surface area contributed by atoms with Crippen molar-refractivity contribution >= 4 is 5.91 Å². The maximum Gasteiger partial charge on any atom is 0.387 e. The van der Waals surface area contributed by atoms with E-state index in [1.54, 1.807) is 18.2 Å². The molecule has 0 bridgehead atoms. The van der Waals surface area contributed by atoms with Crippen LogP contribution in [0.3, 0.4) is 0 Å². The number of carbonyl (C=O) groups excluding carboxylic acids is 1. The summed E-state index contributed by atoms with van der Waals surface area (Å²) in [5.74, 6) is 0.0285. The van der Waals surface area contributed by atoms with Crippen LogP contribution in [0.15, 0.2) is 24.3 Å². The summed E-state index contributed by atoms with van der Waals surface area (Å²) in [7, 11) is 0. The Labute approximate surface area is 122 Å². The van der Waals surface area contributed by atoms with Crippen molar-refractivity contribution in [1.29, 1.82) is 0 Å². The topological polar surface area (TPSA) is 50.4 Å². The molecule has 4 nitrogen and oxygen atoms in total. The third kappa shape index (κ3) is 5.30. The lowest BCUT2D eigenvalue weighted by molar-refractivity contribution is -0.121. The number of halogens is 2. The van der Waals surface area contributed by atoms with E-state index >= 15 is 0 Å². The van der Waals surface area contributed by atoms with Crippen molar-refractivity contribution in [3.05, 3.63) is 29.8 Å². The predicted molar refractivity (Wildman–Crippen MR) is 75.2 cm³/mol. The quantitative estimate of drug-likeness (QED) is 0.813. The maximum absolute atomic E-state index is 12.3. The second-order valence-corrected chi connectivity index (χ2v) is 5.09. The molecule has 1 atom stereocenters. The molecule has 116 valence electrons. The zero-order valence-corrected chi connectivity index (χ0v) is 11.8. The molecule has 2 rings (SSSR count). The van der Waals surface area contributed by atoms with Gasteiger partial charge in [-0.25, -0.2) is 0 Å². The molecular weight excluding hydrogens is 278 g/mol. The van der Waals surface area contributed by atoms with Crippen LogP contribution in [0.25, 0.3) is 0 Å². The second-order valence-electron chi connectivity index (χ2n) is 5.09. The van der Waals surface area contributed by atoms with Crippen LogP contribution < -0.4 is 15.4 Å². The van der Waals surface area contributed by atoms with Crippen molar-refractivity contribution in [3.8, 4) is 5.75 Å². The Balaban J connectivity index is 1.77. The number of alkyl halides is 2. The number of benzene rings is 1. The Bertz CT molecular complexity index is 463. The molecule has 21 heavy (non-hydrogen) atoms. The van der Waals surface area contributed by atoms with Crippen LogP contribution in [0, 0.1) is 0 Å². The molecule has 0 radical (unpaired) electrons. The molecule has 0 spiro atoms. The number of nitrogens with one attached hydrogen (secondary N) is 2. The van der Waals surface area contributed by atoms with Gasteiger partial charge in [-0.05, 0) is 31.9 Å². The van der Waals surface area contributed by atoms with E-state index in [4.69, 9.17) is 0 Å². The first-order valence-corrected chi connectivity index (χ1v) is 7.18. The van der Waals surface area contributed by atoms with Crippen LogP contribution in [0.5, 0.6) is 5.75 Å². The molecule has 0 aromatic heterocycles. The summed E-state index contributed by atoms with van der Waals surface area (Å²) >= 11 is 0. The first kappa shape index (κ1) is 15.7. The predicted octanol–water partition coefficient (Wildman–Crippen LogP) is 2.44. The van der Waals surface area contributed by atoms with E-state index in [1.807, 2.05) is 0 Å². The smallest absolute Gasteiger partial charge is 0.387 e. The van der Waals surface area contributed by atoms with E-state index in [1.165, 1.54) is 6.07 Å². The number of amides is 1. The molecule has 1 aliphatic rings. The monoisotopic (exact) mass is 298 g/mol. The van der Waals surface area contributed by atoms with E-state index in [9.17, 15) is 13.6 Å². The van der Waals surface area contributed by atoms with Crippen LogP contribution in [-0.4, -0.2) is 25.1 Å². The summed E-state index contributed by atoms with van der Waals surface area (Å²) in [6.07, 6.45) is 3.51. The van der Waals surface area contributed by atoms with Gasteiger partial charge in [-0.1, -0.05) is 18.2 Å². The fourth-order valence-electron chi connectivity index (χ4n) is 2.45. The first-order chi connectivity index (χ1) is 10.1. The van der Waals surface area contributed by atoms with Crippen LogP contribution in [-0.2, 0) is 11.3 Å². The fraction of sp³-hybridized carbons (Fsp3) is 0.533. The van der Waals surface area contributed by atoms with Crippen LogP contribution in [0.4, 0.5) is 8.78 Å². The van der Waals surface area contributed by atoms with Crippen molar-refractivity contribution < 1.29 is 18.3 Å². The number of ether oxygens (including phenoxy) is 1.